The first-order valence-corrected chi connectivity index (χ1v) is 7.11. The molecular weight excluding hydrogens is 246 g/mol. The molecule has 3 rings (SSSR count). The number of hydrogen-bond acceptors (Lipinski definition) is 2. The van der Waals surface area contributed by atoms with Crippen molar-refractivity contribution in [3.05, 3.63) is 70.8 Å². The van der Waals surface area contributed by atoms with Gasteiger partial charge in [-0.1, -0.05) is 54.1 Å². The highest BCUT2D eigenvalue weighted by Crippen LogP contribution is 2.17. The number of aryl methyl sites for hydroxylation is 1. The van der Waals surface area contributed by atoms with Crippen LogP contribution in [0, 0.1) is 6.92 Å². The molecule has 0 saturated carbocycles. The summed E-state index contributed by atoms with van der Waals surface area (Å²) in [7, 11) is 0. The van der Waals surface area contributed by atoms with Crippen LogP contribution in [0.1, 0.15) is 22.3 Å². The third-order valence-electron chi connectivity index (χ3n) is 3.97. The van der Waals surface area contributed by atoms with E-state index in [-0.39, 0.29) is 11.8 Å². The molecule has 0 saturated heterocycles. The van der Waals surface area contributed by atoms with E-state index < -0.39 is 0 Å². The zero-order valence-corrected chi connectivity index (χ0v) is 11.7. The second-order valence-corrected chi connectivity index (χ2v) is 5.54. The topological polar surface area (TPSA) is 29.1 Å². The summed E-state index contributed by atoms with van der Waals surface area (Å²) in [5, 5.41) is 3.36. The normalized spacial score (nSPS) is 17.6. The maximum Gasteiger partial charge on any atom is 0.154 e. The van der Waals surface area contributed by atoms with Gasteiger partial charge in [-0.25, -0.2) is 0 Å². The minimum absolute atomic E-state index is 0.0498. The molecule has 1 unspecified atom stereocenters. The fourth-order valence-corrected chi connectivity index (χ4v) is 2.71. The molecule has 2 nitrogen and oxygen atoms in total. The number of rotatable bonds is 3. The van der Waals surface area contributed by atoms with Crippen LogP contribution in [0.2, 0.25) is 0 Å². The predicted molar refractivity (Wildman–Crippen MR) is 80.7 cm³/mol. The van der Waals surface area contributed by atoms with Crippen molar-refractivity contribution in [2.24, 2.45) is 0 Å². The van der Waals surface area contributed by atoms with Crippen LogP contribution in [-0.2, 0) is 24.2 Å². The fraction of sp³-hybridized carbons (Fsp3) is 0.278. The summed E-state index contributed by atoms with van der Waals surface area (Å²) >= 11 is 0. The Morgan fingerprint density at radius 3 is 2.55 bits per heavy atom. The molecule has 0 radical (unpaired) electrons. The highest BCUT2D eigenvalue weighted by molar-refractivity contribution is 5.86. The number of carbonyl (C=O) groups is 1. The maximum atomic E-state index is 12.4. The van der Waals surface area contributed by atoms with E-state index in [9.17, 15) is 4.79 Å². The highest BCUT2D eigenvalue weighted by Gasteiger charge is 2.23. The molecule has 0 bridgehead atoms. The first-order valence-electron chi connectivity index (χ1n) is 7.11. The molecule has 2 aromatic rings. The Kier molecular flexibility index (Phi) is 3.66. The molecule has 1 aliphatic rings. The van der Waals surface area contributed by atoms with Gasteiger partial charge in [-0.3, -0.25) is 4.79 Å². The Morgan fingerprint density at radius 1 is 1.10 bits per heavy atom. The summed E-state index contributed by atoms with van der Waals surface area (Å²) in [5.74, 6) is 0.281. The molecule has 20 heavy (non-hydrogen) atoms. The molecular formula is C18H19NO. The lowest BCUT2D eigenvalue weighted by Crippen LogP contribution is -2.42. The fourth-order valence-electron chi connectivity index (χ4n) is 2.71. The minimum Gasteiger partial charge on any atom is -0.303 e. The molecule has 2 aromatic carbocycles. The quantitative estimate of drug-likeness (QED) is 0.924. The van der Waals surface area contributed by atoms with Gasteiger partial charge in [0.1, 0.15) is 0 Å². The molecule has 2 heteroatoms. The standard InChI is InChI=1S/C18H19NO/c1-13-6-8-14(9-7-13)10-18(20)17-11-15-4-2-3-5-16(15)12-19-17/h2-9,17,19H,10-12H2,1H3. The van der Waals surface area contributed by atoms with Crippen LogP contribution in [0.15, 0.2) is 48.5 Å². The molecule has 102 valence electrons. The van der Waals surface area contributed by atoms with E-state index in [1.165, 1.54) is 16.7 Å². The molecule has 0 spiro atoms. The first kappa shape index (κ1) is 13.1. The van der Waals surface area contributed by atoms with Gasteiger partial charge in [-0.2, -0.15) is 0 Å². The number of carbonyl (C=O) groups excluding carboxylic acids is 1. The molecule has 1 N–H and O–H groups in total. The van der Waals surface area contributed by atoms with E-state index in [1.807, 2.05) is 18.2 Å². The van der Waals surface area contributed by atoms with Gasteiger partial charge in [0.2, 0.25) is 0 Å². The van der Waals surface area contributed by atoms with Crippen LogP contribution in [0.4, 0.5) is 0 Å². The van der Waals surface area contributed by atoms with E-state index >= 15 is 0 Å². The predicted octanol–water partition coefficient (Wildman–Crippen LogP) is 2.82. The largest absolute Gasteiger partial charge is 0.303 e. The van der Waals surface area contributed by atoms with Crippen LogP contribution >= 0.6 is 0 Å². The Balaban J connectivity index is 1.68. The number of ketones is 1. The average molecular weight is 265 g/mol. The van der Waals surface area contributed by atoms with Crippen molar-refractivity contribution in [2.75, 3.05) is 0 Å². The zero-order valence-electron chi connectivity index (χ0n) is 11.7. The van der Waals surface area contributed by atoms with Crippen LogP contribution in [0.25, 0.3) is 0 Å². The van der Waals surface area contributed by atoms with Gasteiger partial charge in [0.15, 0.2) is 5.78 Å². The van der Waals surface area contributed by atoms with Gasteiger partial charge >= 0.3 is 0 Å². The van der Waals surface area contributed by atoms with Gasteiger partial charge in [0.05, 0.1) is 6.04 Å². The Morgan fingerprint density at radius 2 is 1.80 bits per heavy atom. The molecule has 0 fully saturated rings. The van der Waals surface area contributed by atoms with Crippen LogP contribution < -0.4 is 5.32 Å². The minimum atomic E-state index is -0.0498. The molecule has 0 amide bonds. The number of hydrogen-bond donors (Lipinski definition) is 1. The van der Waals surface area contributed by atoms with Gasteiger partial charge < -0.3 is 5.32 Å². The molecule has 0 aromatic heterocycles. The van der Waals surface area contributed by atoms with Crippen molar-refractivity contribution in [1.82, 2.24) is 5.32 Å². The maximum absolute atomic E-state index is 12.4. The number of fused-ring (bicyclic) bond motifs is 1. The van der Waals surface area contributed by atoms with Gasteiger partial charge in [0, 0.05) is 13.0 Å². The summed E-state index contributed by atoms with van der Waals surface area (Å²) < 4.78 is 0. The van der Waals surface area contributed by atoms with Crippen LogP contribution in [0.5, 0.6) is 0 Å². The lowest BCUT2D eigenvalue weighted by Gasteiger charge is -2.25. The van der Waals surface area contributed by atoms with Crippen LogP contribution in [0.3, 0.4) is 0 Å². The second-order valence-electron chi connectivity index (χ2n) is 5.54. The Labute approximate surface area is 119 Å². The molecule has 1 atom stereocenters. The average Bonchev–Trinajstić information content (AvgIpc) is 2.49. The SMILES string of the molecule is Cc1ccc(CC(=O)C2Cc3ccccc3CN2)cc1. The number of benzene rings is 2. The van der Waals surface area contributed by atoms with Crippen molar-refractivity contribution >= 4 is 5.78 Å². The van der Waals surface area contributed by atoms with Crippen molar-refractivity contribution < 1.29 is 4.79 Å². The van der Waals surface area contributed by atoms with Gasteiger partial charge in [-0.05, 0) is 30.0 Å². The van der Waals surface area contributed by atoms with Crippen molar-refractivity contribution in [1.29, 1.82) is 0 Å². The van der Waals surface area contributed by atoms with Crippen molar-refractivity contribution in [3.63, 3.8) is 0 Å². The van der Waals surface area contributed by atoms with Gasteiger partial charge in [0.25, 0.3) is 0 Å². The lowest BCUT2D eigenvalue weighted by molar-refractivity contribution is -0.120. The van der Waals surface area contributed by atoms with E-state index in [4.69, 9.17) is 0 Å². The van der Waals surface area contributed by atoms with Gasteiger partial charge in [-0.15, -0.1) is 0 Å². The lowest BCUT2D eigenvalue weighted by atomic mass is 9.91. The Hall–Kier alpha value is -1.93. The number of Topliss-reactive ketones (excluding diaryl/α,β-unsaturated/α-hetero) is 1. The van der Waals surface area contributed by atoms with E-state index in [2.05, 4.69) is 42.6 Å². The monoisotopic (exact) mass is 265 g/mol. The summed E-state index contributed by atoms with van der Waals surface area (Å²) in [5.41, 5.74) is 4.94. The third-order valence-corrected chi connectivity index (χ3v) is 3.97. The molecule has 1 heterocycles. The summed E-state index contributed by atoms with van der Waals surface area (Å²) in [4.78, 5) is 12.4. The second kappa shape index (κ2) is 5.59. The number of nitrogens with one attached hydrogen (secondary N) is 1. The smallest absolute Gasteiger partial charge is 0.154 e. The van der Waals surface area contributed by atoms with Crippen molar-refractivity contribution in [2.45, 2.75) is 32.4 Å². The van der Waals surface area contributed by atoms with E-state index in [0.29, 0.717) is 6.42 Å². The Bertz CT molecular complexity index is 616. The zero-order chi connectivity index (χ0) is 13.9. The molecule has 0 aliphatic carbocycles. The van der Waals surface area contributed by atoms with E-state index in [1.54, 1.807) is 0 Å². The van der Waals surface area contributed by atoms with E-state index in [0.717, 1.165) is 18.5 Å². The first-order chi connectivity index (χ1) is 9.72. The summed E-state index contributed by atoms with van der Waals surface area (Å²) in [6.45, 7) is 2.85. The summed E-state index contributed by atoms with van der Waals surface area (Å²) in [6.07, 6.45) is 1.32. The third kappa shape index (κ3) is 2.81. The van der Waals surface area contributed by atoms with Crippen LogP contribution in [-0.4, -0.2) is 11.8 Å². The van der Waals surface area contributed by atoms with Crippen molar-refractivity contribution in [3.8, 4) is 0 Å². The summed E-state index contributed by atoms with van der Waals surface area (Å²) in [6, 6.07) is 16.5. The molecule has 1 aliphatic heterocycles. The highest BCUT2D eigenvalue weighted by atomic mass is 16.1.